The average molecular weight is 291 g/mol. The van der Waals surface area contributed by atoms with E-state index < -0.39 is 11.7 Å². The molecule has 1 aromatic carbocycles. The Morgan fingerprint density at radius 2 is 2.15 bits per heavy atom. The number of carbonyl (C=O) groups is 1. The summed E-state index contributed by atoms with van der Waals surface area (Å²) in [5.74, 6) is -0.803. The molecule has 5 nitrogen and oxygen atoms in total. The molecule has 1 amide bonds. The quantitative estimate of drug-likeness (QED) is 0.736. The van der Waals surface area contributed by atoms with Gasteiger partial charge < -0.3 is 10.3 Å². The van der Waals surface area contributed by atoms with E-state index in [0.717, 1.165) is 0 Å². The largest absolute Gasteiger partial charge is 0.366 e. The van der Waals surface area contributed by atoms with Crippen molar-refractivity contribution in [3.05, 3.63) is 53.3 Å². The molecular weight excluding hydrogens is 283 g/mol. The van der Waals surface area contributed by atoms with Crippen LogP contribution in [0.2, 0.25) is 5.28 Å². The molecular formula is C13H8ClFN4O. The highest BCUT2D eigenvalue weighted by molar-refractivity contribution is 6.28. The molecule has 0 aliphatic carbocycles. The summed E-state index contributed by atoms with van der Waals surface area (Å²) in [5.41, 5.74) is 5.86. The number of fused-ring (bicyclic) bond motifs is 1. The number of nitrogens with two attached hydrogens (primary N) is 1. The Labute approximate surface area is 117 Å². The van der Waals surface area contributed by atoms with E-state index in [1.165, 1.54) is 18.5 Å². The lowest BCUT2D eigenvalue weighted by Crippen LogP contribution is -2.10. The van der Waals surface area contributed by atoms with Crippen LogP contribution in [0.4, 0.5) is 4.39 Å². The molecule has 7 heteroatoms. The highest BCUT2D eigenvalue weighted by Gasteiger charge is 2.17. The maximum Gasteiger partial charge on any atom is 0.250 e. The summed E-state index contributed by atoms with van der Waals surface area (Å²) in [6, 6.07) is 6.08. The predicted molar refractivity (Wildman–Crippen MR) is 72.4 cm³/mol. The third-order valence-corrected chi connectivity index (χ3v) is 3.08. The molecule has 0 unspecified atom stereocenters. The first-order chi connectivity index (χ1) is 9.58. The van der Waals surface area contributed by atoms with E-state index in [9.17, 15) is 9.18 Å². The van der Waals surface area contributed by atoms with Crippen LogP contribution >= 0.6 is 11.6 Å². The number of hydrogen-bond acceptors (Lipinski definition) is 3. The van der Waals surface area contributed by atoms with E-state index in [4.69, 9.17) is 17.3 Å². The van der Waals surface area contributed by atoms with E-state index in [1.807, 2.05) is 0 Å². The molecule has 0 aliphatic rings. The van der Waals surface area contributed by atoms with Gasteiger partial charge >= 0.3 is 0 Å². The van der Waals surface area contributed by atoms with Crippen LogP contribution in [0.3, 0.4) is 0 Å². The summed E-state index contributed by atoms with van der Waals surface area (Å²) < 4.78 is 15.5. The van der Waals surface area contributed by atoms with Crippen molar-refractivity contribution >= 4 is 28.4 Å². The monoisotopic (exact) mass is 290 g/mol. The maximum absolute atomic E-state index is 13.9. The Hall–Kier alpha value is -2.47. The van der Waals surface area contributed by atoms with E-state index >= 15 is 0 Å². The van der Waals surface area contributed by atoms with Gasteiger partial charge in [-0.05, 0) is 29.8 Å². The first kappa shape index (κ1) is 12.6. The molecule has 0 saturated heterocycles. The van der Waals surface area contributed by atoms with Crippen LogP contribution in [0.1, 0.15) is 10.4 Å². The van der Waals surface area contributed by atoms with Crippen LogP contribution in [0.15, 0.2) is 36.7 Å². The SMILES string of the molecule is NC(=O)c1cn(-c2ccnc(Cl)n2)c2cccc(F)c12. The van der Waals surface area contributed by atoms with Crippen molar-refractivity contribution in [2.45, 2.75) is 0 Å². The van der Waals surface area contributed by atoms with Crippen LogP contribution in [-0.4, -0.2) is 20.4 Å². The summed E-state index contributed by atoms with van der Waals surface area (Å²) in [6.07, 6.45) is 2.91. The van der Waals surface area contributed by atoms with Gasteiger partial charge in [-0.2, -0.15) is 4.98 Å². The number of amides is 1. The number of primary amides is 1. The Bertz CT molecular complexity index is 830. The molecule has 2 N–H and O–H groups in total. The van der Waals surface area contributed by atoms with Crippen molar-refractivity contribution in [1.29, 1.82) is 0 Å². The second kappa shape index (κ2) is 4.57. The minimum absolute atomic E-state index is 0.0568. The molecule has 2 aromatic heterocycles. The smallest absolute Gasteiger partial charge is 0.250 e. The molecule has 3 aromatic rings. The van der Waals surface area contributed by atoms with Crippen molar-refractivity contribution in [3.8, 4) is 5.82 Å². The lowest BCUT2D eigenvalue weighted by molar-refractivity contribution is 0.100. The third-order valence-electron chi connectivity index (χ3n) is 2.90. The van der Waals surface area contributed by atoms with Gasteiger partial charge in [0.05, 0.1) is 11.1 Å². The highest BCUT2D eigenvalue weighted by atomic mass is 35.5. The molecule has 0 radical (unpaired) electrons. The second-order valence-corrected chi connectivity index (χ2v) is 4.43. The van der Waals surface area contributed by atoms with Gasteiger partial charge in [-0.15, -0.1) is 0 Å². The van der Waals surface area contributed by atoms with Gasteiger partial charge in [-0.25, -0.2) is 9.37 Å². The fourth-order valence-electron chi connectivity index (χ4n) is 2.08. The molecule has 0 aliphatic heterocycles. The number of benzene rings is 1. The summed E-state index contributed by atoms with van der Waals surface area (Å²) >= 11 is 5.75. The summed E-state index contributed by atoms with van der Waals surface area (Å²) in [4.78, 5) is 19.3. The molecule has 20 heavy (non-hydrogen) atoms. The van der Waals surface area contributed by atoms with Gasteiger partial charge in [0, 0.05) is 17.8 Å². The van der Waals surface area contributed by atoms with Gasteiger partial charge in [0.25, 0.3) is 5.91 Å². The number of carbonyl (C=O) groups excluding carboxylic acids is 1. The zero-order chi connectivity index (χ0) is 14.3. The molecule has 100 valence electrons. The van der Waals surface area contributed by atoms with Crippen LogP contribution in [0.5, 0.6) is 0 Å². The minimum atomic E-state index is -0.709. The number of nitrogens with zero attached hydrogens (tertiary/aromatic N) is 3. The molecule has 0 saturated carbocycles. The van der Waals surface area contributed by atoms with Crippen LogP contribution < -0.4 is 5.73 Å². The Morgan fingerprint density at radius 1 is 1.35 bits per heavy atom. The van der Waals surface area contributed by atoms with Crippen LogP contribution in [0.25, 0.3) is 16.7 Å². The second-order valence-electron chi connectivity index (χ2n) is 4.09. The minimum Gasteiger partial charge on any atom is -0.366 e. The van der Waals surface area contributed by atoms with Crippen LogP contribution in [0, 0.1) is 5.82 Å². The highest BCUT2D eigenvalue weighted by Crippen LogP contribution is 2.26. The zero-order valence-electron chi connectivity index (χ0n) is 10.0. The van der Waals surface area contributed by atoms with E-state index in [2.05, 4.69) is 9.97 Å². The molecule has 0 bridgehead atoms. The first-order valence-electron chi connectivity index (χ1n) is 5.66. The Morgan fingerprint density at radius 3 is 2.85 bits per heavy atom. The van der Waals surface area contributed by atoms with Crippen molar-refractivity contribution in [3.63, 3.8) is 0 Å². The number of hydrogen-bond donors (Lipinski definition) is 1. The molecule has 2 heterocycles. The average Bonchev–Trinajstić information content (AvgIpc) is 2.80. The Balaban J connectivity index is 2.38. The summed E-state index contributed by atoms with van der Waals surface area (Å²) in [7, 11) is 0. The summed E-state index contributed by atoms with van der Waals surface area (Å²) in [6.45, 7) is 0. The maximum atomic E-state index is 13.9. The van der Waals surface area contributed by atoms with Crippen molar-refractivity contribution in [2.75, 3.05) is 0 Å². The topological polar surface area (TPSA) is 73.8 Å². The fourth-order valence-corrected chi connectivity index (χ4v) is 2.22. The first-order valence-corrected chi connectivity index (χ1v) is 6.04. The van der Waals surface area contributed by atoms with Gasteiger partial charge in [-0.1, -0.05) is 6.07 Å². The number of aromatic nitrogens is 3. The number of rotatable bonds is 2. The standard InChI is InChI=1S/C13H8ClFN4O/c14-13-17-5-4-10(18-13)19-6-7(12(16)20)11-8(15)2-1-3-9(11)19/h1-6H,(H2,16,20). The lowest BCUT2D eigenvalue weighted by atomic mass is 10.1. The van der Waals surface area contributed by atoms with Crippen molar-refractivity contribution in [2.24, 2.45) is 5.73 Å². The fraction of sp³-hybridized carbons (Fsp3) is 0. The molecule has 3 rings (SSSR count). The van der Waals surface area contributed by atoms with Crippen molar-refractivity contribution in [1.82, 2.24) is 14.5 Å². The number of halogens is 2. The normalized spacial score (nSPS) is 10.9. The van der Waals surface area contributed by atoms with Gasteiger partial charge in [0.15, 0.2) is 0 Å². The zero-order valence-corrected chi connectivity index (χ0v) is 10.8. The van der Waals surface area contributed by atoms with Crippen LogP contribution in [-0.2, 0) is 0 Å². The molecule has 0 atom stereocenters. The van der Waals surface area contributed by atoms with E-state index in [0.29, 0.717) is 11.3 Å². The van der Waals surface area contributed by atoms with Gasteiger partial charge in [-0.3, -0.25) is 4.79 Å². The third kappa shape index (κ3) is 1.90. The van der Waals surface area contributed by atoms with Gasteiger partial charge in [0.2, 0.25) is 5.28 Å². The molecule has 0 spiro atoms. The predicted octanol–water partition coefficient (Wildman–Crippen LogP) is 2.31. The van der Waals surface area contributed by atoms with E-state index in [-0.39, 0.29) is 16.2 Å². The molecule has 0 fully saturated rings. The lowest BCUT2D eigenvalue weighted by Gasteiger charge is -2.03. The summed E-state index contributed by atoms with van der Waals surface area (Å²) in [5, 5.41) is 0.219. The van der Waals surface area contributed by atoms with Gasteiger partial charge in [0.1, 0.15) is 11.6 Å². The van der Waals surface area contributed by atoms with E-state index in [1.54, 1.807) is 22.8 Å². The van der Waals surface area contributed by atoms with Crippen molar-refractivity contribution < 1.29 is 9.18 Å². The Kier molecular flexibility index (Phi) is 2.87.